The van der Waals surface area contributed by atoms with E-state index < -0.39 is 25.1 Å². The fourth-order valence-electron chi connectivity index (χ4n) is 2.53. The smallest absolute Gasteiger partial charge is 0.387 e. The van der Waals surface area contributed by atoms with Gasteiger partial charge in [0.05, 0.1) is 11.3 Å². The van der Waals surface area contributed by atoms with Crippen molar-refractivity contribution in [2.75, 3.05) is 17.7 Å². The lowest BCUT2D eigenvalue weighted by Gasteiger charge is -2.10. The normalized spacial score (nSPS) is 12.9. The quantitative estimate of drug-likeness (QED) is 0.425. The summed E-state index contributed by atoms with van der Waals surface area (Å²) in [7, 11) is 0. The molecule has 1 aliphatic carbocycles. The van der Waals surface area contributed by atoms with E-state index in [0.29, 0.717) is 10.6 Å². The first-order valence-corrected chi connectivity index (χ1v) is 10.4. The molecule has 7 nitrogen and oxygen atoms in total. The van der Waals surface area contributed by atoms with Crippen molar-refractivity contribution in [3.63, 3.8) is 0 Å². The molecule has 3 rings (SSSR count). The van der Waals surface area contributed by atoms with E-state index in [4.69, 9.17) is 4.74 Å². The number of esters is 1. The molecule has 2 aromatic carbocycles. The second-order valence-corrected chi connectivity index (χ2v) is 7.67. The monoisotopic (exact) mass is 450 g/mol. The number of carbonyl (C=O) groups is 3. The van der Waals surface area contributed by atoms with E-state index in [1.165, 1.54) is 36.0 Å². The molecule has 0 atom stereocenters. The van der Waals surface area contributed by atoms with Gasteiger partial charge in [-0.05, 0) is 49.2 Å². The van der Waals surface area contributed by atoms with Gasteiger partial charge in [-0.15, -0.1) is 11.8 Å². The molecule has 1 aliphatic rings. The van der Waals surface area contributed by atoms with Crippen LogP contribution in [0.3, 0.4) is 0 Å². The number of carbonyl (C=O) groups excluding carboxylic acids is 3. The van der Waals surface area contributed by atoms with Crippen LogP contribution in [0.4, 0.5) is 14.5 Å². The minimum atomic E-state index is -2.94. The molecule has 31 heavy (non-hydrogen) atoms. The number of thioether (sulfide) groups is 1. The summed E-state index contributed by atoms with van der Waals surface area (Å²) in [6.07, 6.45) is 1.99. The molecule has 0 radical (unpaired) electrons. The molecule has 0 unspecified atom stereocenters. The average Bonchev–Trinajstić information content (AvgIpc) is 3.56. The molecule has 164 valence electrons. The average molecular weight is 450 g/mol. The van der Waals surface area contributed by atoms with Crippen molar-refractivity contribution >= 4 is 35.2 Å². The van der Waals surface area contributed by atoms with Crippen LogP contribution in [-0.2, 0) is 14.3 Å². The van der Waals surface area contributed by atoms with Gasteiger partial charge in [-0.3, -0.25) is 9.59 Å². The Labute approximate surface area is 181 Å². The summed E-state index contributed by atoms with van der Waals surface area (Å²) in [5, 5.41) is 5.37. The van der Waals surface area contributed by atoms with E-state index in [2.05, 4.69) is 15.4 Å². The van der Waals surface area contributed by atoms with Crippen LogP contribution in [0.2, 0.25) is 0 Å². The van der Waals surface area contributed by atoms with Gasteiger partial charge in [0.25, 0.3) is 5.91 Å². The van der Waals surface area contributed by atoms with E-state index in [0.717, 1.165) is 12.8 Å². The van der Waals surface area contributed by atoms with Crippen molar-refractivity contribution in [3.8, 4) is 5.75 Å². The largest absolute Gasteiger partial charge is 0.452 e. The first-order valence-electron chi connectivity index (χ1n) is 9.44. The summed E-state index contributed by atoms with van der Waals surface area (Å²) in [6, 6.07) is 12.3. The van der Waals surface area contributed by atoms with Crippen molar-refractivity contribution in [1.82, 2.24) is 5.32 Å². The van der Waals surface area contributed by atoms with E-state index in [1.54, 1.807) is 24.3 Å². The number of rotatable bonds is 10. The van der Waals surface area contributed by atoms with E-state index in [-0.39, 0.29) is 29.0 Å². The van der Waals surface area contributed by atoms with Crippen molar-refractivity contribution < 1.29 is 32.6 Å². The lowest BCUT2D eigenvalue weighted by atomic mass is 10.2. The molecule has 0 aromatic heterocycles. The zero-order chi connectivity index (χ0) is 22.2. The third-order valence-electron chi connectivity index (χ3n) is 4.11. The van der Waals surface area contributed by atoms with E-state index >= 15 is 0 Å². The number of halogens is 2. The van der Waals surface area contributed by atoms with Gasteiger partial charge in [0.15, 0.2) is 6.61 Å². The summed E-state index contributed by atoms with van der Waals surface area (Å²) in [6.45, 7) is -3.47. The highest BCUT2D eigenvalue weighted by Gasteiger charge is 2.23. The number of ether oxygens (including phenoxy) is 2. The predicted molar refractivity (Wildman–Crippen MR) is 110 cm³/mol. The fourth-order valence-corrected chi connectivity index (χ4v) is 3.38. The predicted octanol–water partition coefficient (Wildman–Crippen LogP) is 3.45. The molecule has 0 saturated heterocycles. The third kappa shape index (κ3) is 7.56. The minimum absolute atomic E-state index is 0.0423. The summed E-state index contributed by atoms with van der Waals surface area (Å²) < 4.78 is 33.6. The lowest BCUT2D eigenvalue weighted by Crippen LogP contribution is -2.27. The first kappa shape index (κ1) is 22.5. The Morgan fingerprint density at radius 3 is 2.42 bits per heavy atom. The minimum Gasteiger partial charge on any atom is -0.452 e. The van der Waals surface area contributed by atoms with E-state index in [1.807, 2.05) is 0 Å². The van der Waals surface area contributed by atoms with Crippen LogP contribution >= 0.6 is 11.8 Å². The lowest BCUT2D eigenvalue weighted by molar-refractivity contribution is -0.119. The van der Waals surface area contributed by atoms with Gasteiger partial charge in [0.1, 0.15) is 5.75 Å². The molecule has 0 heterocycles. The van der Waals surface area contributed by atoms with Crippen LogP contribution in [0.1, 0.15) is 23.2 Å². The molecule has 1 fully saturated rings. The summed E-state index contributed by atoms with van der Waals surface area (Å²) in [5.74, 6) is -1.25. The summed E-state index contributed by atoms with van der Waals surface area (Å²) in [5.41, 5.74) is 0.591. The fraction of sp³-hybridized carbons (Fsp3) is 0.286. The highest BCUT2D eigenvalue weighted by atomic mass is 32.2. The van der Waals surface area contributed by atoms with Crippen molar-refractivity contribution in [2.45, 2.75) is 30.4 Å². The van der Waals surface area contributed by atoms with Crippen molar-refractivity contribution in [1.29, 1.82) is 0 Å². The molecular formula is C21H20F2N2O5S. The van der Waals surface area contributed by atoms with Crippen LogP contribution < -0.4 is 15.4 Å². The Kier molecular flexibility index (Phi) is 7.82. The Bertz CT molecular complexity index is 936. The summed E-state index contributed by atoms with van der Waals surface area (Å²) in [4.78, 5) is 36.9. The van der Waals surface area contributed by atoms with Gasteiger partial charge in [-0.1, -0.05) is 12.1 Å². The van der Waals surface area contributed by atoms with Crippen LogP contribution in [-0.4, -0.2) is 42.8 Å². The standard InChI is InChI=1S/C21H20F2N2O5S/c22-21(23)30-15-9-7-14(8-10-15)24-18(26)11-29-20(28)16-3-1-2-4-17(16)31-12-19(27)25-13-5-6-13/h1-4,7-10,13,21H,5-6,11-12H2,(H,24,26)(H,25,27). The highest BCUT2D eigenvalue weighted by molar-refractivity contribution is 8.00. The maximum Gasteiger partial charge on any atom is 0.387 e. The van der Waals surface area contributed by atoms with E-state index in [9.17, 15) is 23.2 Å². The highest BCUT2D eigenvalue weighted by Crippen LogP contribution is 2.24. The molecule has 2 amide bonds. The van der Waals surface area contributed by atoms with Gasteiger partial charge < -0.3 is 20.1 Å². The van der Waals surface area contributed by atoms with Crippen LogP contribution in [0, 0.1) is 0 Å². The van der Waals surface area contributed by atoms with Gasteiger partial charge in [-0.2, -0.15) is 8.78 Å². The zero-order valence-electron chi connectivity index (χ0n) is 16.3. The SMILES string of the molecule is O=C(COC(=O)c1ccccc1SCC(=O)NC1CC1)Nc1ccc(OC(F)F)cc1. The molecule has 10 heteroatoms. The molecule has 0 aliphatic heterocycles. The second-order valence-electron chi connectivity index (χ2n) is 6.65. The number of hydrogen-bond donors (Lipinski definition) is 2. The zero-order valence-corrected chi connectivity index (χ0v) is 17.1. The molecule has 1 saturated carbocycles. The molecule has 0 spiro atoms. The Balaban J connectivity index is 1.48. The molecule has 2 aromatic rings. The number of anilines is 1. The van der Waals surface area contributed by atoms with Gasteiger partial charge in [0.2, 0.25) is 5.91 Å². The van der Waals surface area contributed by atoms with Gasteiger partial charge in [-0.25, -0.2) is 4.79 Å². The van der Waals surface area contributed by atoms with Crippen LogP contribution in [0.5, 0.6) is 5.75 Å². The van der Waals surface area contributed by atoms with Crippen molar-refractivity contribution in [3.05, 3.63) is 54.1 Å². The maximum absolute atomic E-state index is 12.4. The summed E-state index contributed by atoms with van der Waals surface area (Å²) >= 11 is 1.22. The maximum atomic E-state index is 12.4. The Hall–Kier alpha value is -3.14. The Morgan fingerprint density at radius 2 is 1.74 bits per heavy atom. The number of alkyl halides is 2. The molecule has 2 N–H and O–H groups in total. The van der Waals surface area contributed by atoms with Crippen LogP contribution in [0.15, 0.2) is 53.4 Å². The van der Waals surface area contributed by atoms with Crippen molar-refractivity contribution in [2.24, 2.45) is 0 Å². The molecular weight excluding hydrogens is 430 g/mol. The van der Waals surface area contributed by atoms with Gasteiger partial charge >= 0.3 is 12.6 Å². The van der Waals surface area contributed by atoms with Crippen LogP contribution in [0.25, 0.3) is 0 Å². The number of benzene rings is 2. The number of nitrogens with one attached hydrogen (secondary N) is 2. The first-order chi connectivity index (χ1) is 14.9. The number of hydrogen-bond acceptors (Lipinski definition) is 6. The number of amides is 2. The van der Waals surface area contributed by atoms with Gasteiger partial charge in [0, 0.05) is 16.6 Å². The third-order valence-corrected chi connectivity index (χ3v) is 5.18. The molecule has 0 bridgehead atoms. The topological polar surface area (TPSA) is 93.7 Å². The Morgan fingerprint density at radius 1 is 1.03 bits per heavy atom. The second kappa shape index (κ2) is 10.8.